The van der Waals surface area contributed by atoms with Crippen LogP contribution in [-0.4, -0.2) is 46.7 Å². The molecule has 1 atom stereocenters. The second-order valence-electron chi connectivity index (χ2n) is 7.33. The molecule has 33 heavy (non-hydrogen) atoms. The maximum Gasteiger partial charge on any atom is 0.339 e. The van der Waals surface area contributed by atoms with Crippen LogP contribution < -0.4 is 5.32 Å². The van der Waals surface area contributed by atoms with Crippen molar-refractivity contribution in [3.63, 3.8) is 0 Å². The van der Waals surface area contributed by atoms with Gasteiger partial charge >= 0.3 is 5.97 Å². The number of ether oxygens (including phenoxy) is 2. The van der Waals surface area contributed by atoms with Crippen molar-refractivity contribution in [3.8, 4) is 11.8 Å². The Hall–Kier alpha value is -3.61. The van der Waals surface area contributed by atoms with Crippen molar-refractivity contribution < 1.29 is 19.1 Å². The Morgan fingerprint density at radius 3 is 2.76 bits per heavy atom. The van der Waals surface area contributed by atoms with E-state index in [4.69, 9.17) is 9.47 Å². The number of nitrogens with one attached hydrogen (secondary N) is 1. The predicted molar refractivity (Wildman–Crippen MR) is 123 cm³/mol. The zero-order valence-electron chi connectivity index (χ0n) is 17.8. The van der Waals surface area contributed by atoms with Crippen molar-refractivity contribution in [1.82, 2.24) is 9.78 Å². The van der Waals surface area contributed by atoms with Crippen molar-refractivity contribution in [2.75, 3.05) is 24.3 Å². The maximum atomic E-state index is 12.7. The van der Waals surface area contributed by atoms with Gasteiger partial charge in [0.05, 0.1) is 23.6 Å². The number of amides is 1. The minimum absolute atomic E-state index is 0.189. The third-order valence-electron chi connectivity index (χ3n) is 5.04. The Labute approximate surface area is 195 Å². The van der Waals surface area contributed by atoms with Crippen molar-refractivity contribution >= 4 is 29.5 Å². The summed E-state index contributed by atoms with van der Waals surface area (Å²) >= 11 is 1.54. The van der Waals surface area contributed by atoms with Crippen molar-refractivity contribution in [2.45, 2.75) is 23.8 Å². The van der Waals surface area contributed by atoms with Crippen LogP contribution in [0.3, 0.4) is 0 Å². The first kappa shape index (κ1) is 22.6. The molecule has 1 saturated heterocycles. The fourth-order valence-corrected chi connectivity index (χ4v) is 4.52. The van der Waals surface area contributed by atoms with Gasteiger partial charge in [-0.25, -0.2) is 9.48 Å². The average molecular weight is 463 g/mol. The smallest absolute Gasteiger partial charge is 0.339 e. The van der Waals surface area contributed by atoms with E-state index < -0.39 is 18.5 Å². The molecular weight excluding hydrogens is 440 g/mol. The van der Waals surface area contributed by atoms with Crippen molar-refractivity contribution in [1.29, 1.82) is 5.26 Å². The molecule has 1 aliphatic heterocycles. The second-order valence-corrected chi connectivity index (χ2v) is 8.39. The fraction of sp³-hybridized carbons (Fsp3) is 0.250. The number of hydrogen-bond acceptors (Lipinski definition) is 7. The van der Waals surface area contributed by atoms with E-state index in [1.165, 1.54) is 10.9 Å². The Morgan fingerprint density at radius 2 is 2.00 bits per heavy atom. The van der Waals surface area contributed by atoms with Crippen molar-refractivity contribution in [3.05, 3.63) is 71.9 Å². The van der Waals surface area contributed by atoms with Gasteiger partial charge in [-0.15, -0.1) is 11.8 Å². The van der Waals surface area contributed by atoms with Crippen LogP contribution in [0.4, 0.5) is 5.82 Å². The highest BCUT2D eigenvalue weighted by Crippen LogP contribution is 2.27. The highest BCUT2D eigenvalue weighted by molar-refractivity contribution is 7.99. The third kappa shape index (κ3) is 5.61. The molecule has 4 rings (SSSR count). The average Bonchev–Trinajstić information content (AvgIpc) is 3.52. The number of nitrogens with zero attached hydrogens (tertiary/aromatic N) is 3. The summed E-state index contributed by atoms with van der Waals surface area (Å²) in [6.07, 6.45) is 3.63. The number of benzene rings is 2. The van der Waals surface area contributed by atoms with Gasteiger partial charge in [0, 0.05) is 17.3 Å². The van der Waals surface area contributed by atoms with Gasteiger partial charge in [0.25, 0.3) is 5.91 Å². The molecule has 0 aliphatic carbocycles. The van der Waals surface area contributed by atoms with Gasteiger partial charge in [0.1, 0.15) is 11.6 Å². The summed E-state index contributed by atoms with van der Waals surface area (Å²) in [5.74, 6) is -0.178. The van der Waals surface area contributed by atoms with Crippen LogP contribution in [0.15, 0.2) is 65.7 Å². The van der Waals surface area contributed by atoms with E-state index in [9.17, 15) is 14.9 Å². The maximum absolute atomic E-state index is 12.7. The summed E-state index contributed by atoms with van der Waals surface area (Å²) in [5.41, 5.74) is 1.29. The van der Waals surface area contributed by atoms with Crippen LogP contribution in [0.5, 0.6) is 0 Å². The molecule has 2 aromatic carbocycles. The number of hydrogen-bond donors (Lipinski definition) is 1. The lowest BCUT2D eigenvalue weighted by atomic mass is 10.2. The summed E-state index contributed by atoms with van der Waals surface area (Å²) in [4.78, 5) is 26.0. The Balaban J connectivity index is 1.39. The largest absolute Gasteiger partial charge is 0.452 e. The van der Waals surface area contributed by atoms with Gasteiger partial charge in [-0.05, 0) is 37.1 Å². The lowest BCUT2D eigenvalue weighted by Gasteiger charge is -2.12. The molecule has 9 heteroatoms. The molecule has 0 saturated carbocycles. The topological polar surface area (TPSA) is 106 Å². The van der Waals surface area contributed by atoms with Gasteiger partial charge in [0.15, 0.2) is 12.4 Å². The Morgan fingerprint density at radius 1 is 1.21 bits per heavy atom. The minimum Gasteiger partial charge on any atom is -0.452 e. The molecule has 1 unspecified atom stereocenters. The number of thioether (sulfide) groups is 1. The quantitative estimate of drug-likeness (QED) is 0.401. The molecule has 8 nitrogen and oxygen atoms in total. The van der Waals surface area contributed by atoms with Crippen LogP contribution in [0.1, 0.15) is 28.8 Å². The molecule has 1 aliphatic rings. The first-order valence-corrected chi connectivity index (χ1v) is 11.5. The van der Waals surface area contributed by atoms with E-state index in [1.54, 1.807) is 36.0 Å². The molecule has 0 radical (unpaired) electrons. The fourth-order valence-electron chi connectivity index (χ4n) is 3.41. The van der Waals surface area contributed by atoms with E-state index >= 15 is 0 Å². The zero-order chi connectivity index (χ0) is 23.0. The monoisotopic (exact) mass is 462 g/mol. The standard InChI is InChI=1S/C24H22N4O4S/c25-13-17-14-26-28(18-7-2-1-3-8-18)23(17)27-22(29)15-32-24(30)20-10-4-5-11-21(20)33-16-19-9-6-12-31-19/h1-5,7-8,10-11,14,19H,6,9,12,15-16H2,(H,27,29). The molecule has 0 bridgehead atoms. The Bertz CT molecular complexity index is 1170. The highest BCUT2D eigenvalue weighted by Gasteiger charge is 2.20. The van der Waals surface area contributed by atoms with Gasteiger partial charge < -0.3 is 14.8 Å². The van der Waals surface area contributed by atoms with Gasteiger partial charge in [-0.2, -0.15) is 10.4 Å². The molecule has 0 spiro atoms. The molecule has 1 N–H and O–H groups in total. The molecule has 1 fully saturated rings. The molecule has 168 valence electrons. The SMILES string of the molecule is N#Cc1cnn(-c2ccccc2)c1NC(=O)COC(=O)c1ccccc1SCC1CCCO1. The number of para-hydroxylation sites is 1. The van der Waals surface area contributed by atoms with E-state index in [-0.39, 0.29) is 17.5 Å². The van der Waals surface area contributed by atoms with Crippen molar-refractivity contribution in [2.24, 2.45) is 0 Å². The number of esters is 1. The van der Waals surface area contributed by atoms with E-state index in [1.807, 2.05) is 36.4 Å². The summed E-state index contributed by atoms with van der Waals surface area (Å²) in [5, 5.41) is 16.2. The number of carbonyl (C=O) groups is 2. The zero-order valence-corrected chi connectivity index (χ0v) is 18.6. The van der Waals surface area contributed by atoms with Crippen LogP contribution in [-0.2, 0) is 14.3 Å². The predicted octanol–water partition coefficient (Wildman–Crippen LogP) is 3.81. The number of carbonyl (C=O) groups excluding carboxylic acids is 2. The normalized spacial score (nSPS) is 15.1. The second kappa shape index (κ2) is 10.8. The van der Waals surface area contributed by atoms with E-state index in [0.29, 0.717) is 11.3 Å². The first-order chi connectivity index (χ1) is 16.2. The summed E-state index contributed by atoms with van der Waals surface area (Å²) in [6, 6.07) is 18.3. The van der Waals surface area contributed by atoms with E-state index in [2.05, 4.69) is 10.4 Å². The third-order valence-corrected chi connectivity index (χ3v) is 6.24. The lowest BCUT2D eigenvalue weighted by molar-refractivity contribution is -0.119. The molecule has 1 amide bonds. The summed E-state index contributed by atoms with van der Waals surface area (Å²) in [6.45, 7) is 0.287. The Kier molecular flexibility index (Phi) is 7.40. The number of aromatic nitrogens is 2. The number of anilines is 1. The van der Waals surface area contributed by atoms with Gasteiger partial charge in [0.2, 0.25) is 0 Å². The summed E-state index contributed by atoms with van der Waals surface area (Å²) in [7, 11) is 0. The van der Waals surface area contributed by atoms with E-state index in [0.717, 1.165) is 30.1 Å². The first-order valence-electron chi connectivity index (χ1n) is 10.5. The minimum atomic E-state index is -0.585. The number of rotatable bonds is 8. The number of nitriles is 1. The summed E-state index contributed by atoms with van der Waals surface area (Å²) < 4.78 is 12.4. The van der Waals surface area contributed by atoms with Crippen LogP contribution in [0.25, 0.3) is 5.69 Å². The molecule has 1 aromatic heterocycles. The molecule has 2 heterocycles. The molecular formula is C24H22N4O4S. The van der Waals surface area contributed by atoms with Gasteiger partial charge in [-0.3, -0.25) is 4.79 Å². The van der Waals surface area contributed by atoms with Crippen LogP contribution in [0, 0.1) is 11.3 Å². The molecule has 3 aromatic rings. The van der Waals surface area contributed by atoms with Crippen LogP contribution in [0.2, 0.25) is 0 Å². The lowest BCUT2D eigenvalue weighted by Crippen LogP contribution is -2.23. The van der Waals surface area contributed by atoms with Crippen LogP contribution >= 0.6 is 11.8 Å². The van der Waals surface area contributed by atoms with Gasteiger partial charge in [-0.1, -0.05) is 30.3 Å². The highest BCUT2D eigenvalue weighted by atomic mass is 32.2.